The summed E-state index contributed by atoms with van der Waals surface area (Å²) in [6.07, 6.45) is 2.00. The van der Waals surface area contributed by atoms with Crippen molar-refractivity contribution in [2.45, 2.75) is 4.90 Å². The number of rotatable bonds is 2. The van der Waals surface area contributed by atoms with Crippen molar-refractivity contribution in [2.75, 3.05) is 12.0 Å². The molecule has 0 saturated heterocycles. The van der Waals surface area contributed by atoms with E-state index < -0.39 is 0 Å². The molecular formula is C8H10N2S. The molecule has 11 heavy (non-hydrogen) atoms. The summed E-state index contributed by atoms with van der Waals surface area (Å²) >= 11 is 1.64. The Labute approximate surface area is 70.5 Å². The average Bonchev–Trinajstić information content (AvgIpc) is 2.04. The third-order valence-electron chi connectivity index (χ3n) is 1.37. The van der Waals surface area contributed by atoms with Gasteiger partial charge in [-0.25, -0.2) is 0 Å². The topological polar surface area (TPSA) is 38.4 Å². The first-order valence-corrected chi connectivity index (χ1v) is 4.40. The molecule has 0 amide bonds. The minimum atomic E-state index is 0.727. The zero-order chi connectivity index (χ0) is 8.27. The highest BCUT2D eigenvalue weighted by molar-refractivity contribution is 7.98. The number of anilines is 1. The number of thioether (sulfide) groups is 1. The monoisotopic (exact) mass is 166 g/mol. The van der Waals surface area contributed by atoms with Gasteiger partial charge in [0.1, 0.15) is 0 Å². The molecule has 0 atom stereocenters. The number of aliphatic imine (C=N–C) groups is 1. The summed E-state index contributed by atoms with van der Waals surface area (Å²) in [7, 11) is 0. The molecule has 2 N–H and O–H groups in total. The van der Waals surface area contributed by atoms with Crippen LogP contribution in [0.2, 0.25) is 0 Å². The molecule has 0 aliphatic rings. The fourth-order valence-corrected chi connectivity index (χ4v) is 1.37. The number of nitrogens with zero attached hydrogens (tertiary/aromatic N) is 1. The van der Waals surface area contributed by atoms with Crippen molar-refractivity contribution in [3.8, 4) is 0 Å². The van der Waals surface area contributed by atoms with Gasteiger partial charge >= 0.3 is 0 Å². The molecule has 1 rings (SSSR count). The summed E-state index contributed by atoms with van der Waals surface area (Å²) < 4.78 is 0. The lowest BCUT2D eigenvalue weighted by Crippen LogP contribution is -1.83. The first kappa shape index (κ1) is 8.14. The summed E-state index contributed by atoms with van der Waals surface area (Å²) in [6, 6.07) is 5.63. The van der Waals surface area contributed by atoms with E-state index in [0.717, 1.165) is 16.3 Å². The Hall–Kier alpha value is -0.960. The van der Waals surface area contributed by atoms with E-state index in [9.17, 15) is 0 Å². The highest BCUT2D eigenvalue weighted by Gasteiger charge is 1.97. The third kappa shape index (κ3) is 1.74. The van der Waals surface area contributed by atoms with Gasteiger partial charge in [-0.3, -0.25) is 4.99 Å². The lowest BCUT2D eigenvalue weighted by atomic mass is 10.3. The summed E-state index contributed by atoms with van der Waals surface area (Å²) in [5.74, 6) is 0. The van der Waals surface area contributed by atoms with Gasteiger partial charge in [0.2, 0.25) is 0 Å². The maximum atomic E-state index is 5.56. The Morgan fingerprint density at radius 3 is 2.82 bits per heavy atom. The quantitative estimate of drug-likeness (QED) is 0.416. The smallest absolute Gasteiger partial charge is 0.0778 e. The minimum absolute atomic E-state index is 0.727. The van der Waals surface area contributed by atoms with Gasteiger partial charge in [-0.2, -0.15) is 0 Å². The summed E-state index contributed by atoms with van der Waals surface area (Å²) in [4.78, 5) is 4.96. The molecule has 0 radical (unpaired) electrons. The van der Waals surface area contributed by atoms with E-state index in [4.69, 9.17) is 5.73 Å². The second-order valence-corrected chi connectivity index (χ2v) is 2.94. The van der Waals surface area contributed by atoms with Gasteiger partial charge in [-0.05, 0) is 31.2 Å². The van der Waals surface area contributed by atoms with Gasteiger partial charge in [0.15, 0.2) is 0 Å². The van der Waals surface area contributed by atoms with E-state index in [2.05, 4.69) is 11.7 Å². The van der Waals surface area contributed by atoms with E-state index in [1.54, 1.807) is 11.8 Å². The van der Waals surface area contributed by atoms with Crippen LogP contribution in [0.15, 0.2) is 28.1 Å². The average molecular weight is 166 g/mol. The predicted molar refractivity (Wildman–Crippen MR) is 51.8 cm³/mol. The van der Waals surface area contributed by atoms with Gasteiger partial charge in [0, 0.05) is 10.6 Å². The molecule has 1 aromatic rings. The summed E-state index contributed by atoms with van der Waals surface area (Å²) in [5.41, 5.74) is 7.15. The van der Waals surface area contributed by atoms with Crippen LogP contribution < -0.4 is 5.73 Å². The molecule has 0 aliphatic heterocycles. The van der Waals surface area contributed by atoms with Crippen LogP contribution in [0.3, 0.4) is 0 Å². The molecular weight excluding hydrogens is 156 g/mol. The third-order valence-corrected chi connectivity index (χ3v) is 2.16. The van der Waals surface area contributed by atoms with Crippen molar-refractivity contribution in [3.05, 3.63) is 18.2 Å². The summed E-state index contributed by atoms with van der Waals surface area (Å²) in [5, 5.41) is 0. The van der Waals surface area contributed by atoms with Crippen molar-refractivity contribution >= 4 is 29.9 Å². The molecule has 58 valence electrons. The van der Waals surface area contributed by atoms with Crippen LogP contribution in [0.1, 0.15) is 0 Å². The van der Waals surface area contributed by atoms with Crippen LogP contribution in [0.25, 0.3) is 0 Å². The molecule has 0 bridgehead atoms. The molecule has 0 spiro atoms. The van der Waals surface area contributed by atoms with Crippen molar-refractivity contribution in [2.24, 2.45) is 4.99 Å². The van der Waals surface area contributed by atoms with Crippen LogP contribution in [0, 0.1) is 0 Å². The van der Waals surface area contributed by atoms with Crippen LogP contribution in [0.4, 0.5) is 11.4 Å². The van der Waals surface area contributed by atoms with E-state index in [1.807, 2.05) is 24.5 Å². The Morgan fingerprint density at radius 1 is 1.55 bits per heavy atom. The molecule has 0 fully saturated rings. The minimum Gasteiger partial charge on any atom is -0.399 e. The van der Waals surface area contributed by atoms with E-state index in [1.165, 1.54) is 0 Å². The Kier molecular flexibility index (Phi) is 2.54. The number of benzene rings is 1. The fourth-order valence-electron chi connectivity index (χ4n) is 0.831. The lowest BCUT2D eigenvalue weighted by Gasteiger charge is -2.01. The molecule has 2 nitrogen and oxygen atoms in total. The van der Waals surface area contributed by atoms with Crippen molar-refractivity contribution in [3.63, 3.8) is 0 Å². The normalized spacial score (nSPS) is 9.55. The maximum absolute atomic E-state index is 5.56. The number of nitrogen functional groups attached to an aromatic ring is 1. The van der Waals surface area contributed by atoms with Gasteiger partial charge < -0.3 is 5.73 Å². The van der Waals surface area contributed by atoms with Crippen LogP contribution in [0.5, 0.6) is 0 Å². The van der Waals surface area contributed by atoms with E-state index >= 15 is 0 Å². The zero-order valence-corrected chi connectivity index (χ0v) is 7.19. The molecule has 0 heterocycles. The molecule has 1 aromatic carbocycles. The molecule has 0 unspecified atom stereocenters. The standard InChI is InChI=1S/C8H10N2S/c1-10-7-5-6(9)3-4-8(7)11-2/h3-5H,1,9H2,2H3. The summed E-state index contributed by atoms with van der Waals surface area (Å²) in [6.45, 7) is 3.46. The van der Waals surface area contributed by atoms with Gasteiger partial charge in [0.05, 0.1) is 5.69 Å². The fraction of sp³-hybridized carbons (Fsp3) is 0.125. The maximum Gasteiger partial charge on any atom is 0.0778 e. The van der Waals surface area contributed by atoms with Gasteiger partial charge in [-0.1, -0.05) is 0 Å². The molecule has 3 heteroatoms. The zero-order valence-electron chi connectivity index (χ0n) is 6.37. The first-order valence-electron chi connectivity index (χ1n) is 3.18. The number of hydrogen-bond acceptors (Lipinski definition) is 3. The molecule has 0 aromatic heterocycles. The number of nitrogens with two attached hydrogens (primary N) is 1. The van der Waals surface area contributed by atoms with Crippen molar-refractivity contribution < 1.29 is 0 Å². The van der Waals surface area contributed by atoms with E-state index in [-0.39, 0.29) is 0 Å². The molecule has 0 aliphatic carbocycles. The Bertz CT molecular complexity index is 271. The van der Waals surface area contributed by atoms with Gasteiger partial charge in [0.25, 0.3) is 0 Å². The highest BCUT2D eigenvalue weighted by atomic mass is 32.2. The van der Waals surface area contributed by atoms with Crippen LogP contribution in [-0.2, 0) is 0 Å². The van der Waals surface area contributed by atoms with Crippen LogP contribution >= 0.6 is 11.8 Å². The SMILES string of the molecule is C=Nc1cc(N)ccc1SC. The van der Waals surface area contributed by atoms with Gasteiger partial charge in [-0.15, -0.1) is 11.8 Å². The second kappa shape index (κ2) is 3.44. The first-order chi connectivity index (χ1) is 5.27. The number of hydrogen-bond donors (Lipinski definition) is 1. The highest BCUT2D eigenvalue weighted by Crippen LogP contribution is 2.28. The predicted octanol–water partition coefficient (Wildman–Crippen LogP) is 2.32. The van der Waals surface area contributed by atoms with E-state index in [0.29, 0.717) is 0 Å². The lowest BCUT2D eigenvalue weighted by molar-refractivity contribution is 1.39. The molecule has 0 saturated carbocycles. The van der Waals surface area contributed by atoms with Crippen LogP contribution in [-0.4, -0.2) is 13.0 Å². The largest absolute Gasteiger partial charge is 0.399 e. The Balaban J connectivity index is 3.16. The van der Waals surface area contributed by atoms with Crippen molar-refractivity contribution in [1.82, 2.24) is 0 Å². The second-order valence-electron chi connectivity index (χ2n) is 2.09. The van der Waals surface area contributed by atoms with Crippen molar-refractivity contribution in [1.29, 1.82) is 0 Å². The Morgan fingerprint density at radius 2 is 2.27 bits per heavy atom.